The lowest BCUT2D eigenvalue weighted by molar-refractivity contribution is 0.224. The standard InChI is InChI=1S/C18H21FOS/c1-11-8-14(9-12(2)17(11)19)18(20)16-10-13-6-4-3-5-7-15(13)21-16/h8-10,18,20H,3-7H2,1-2H3. The maximum atomic E-state index is 13.7. The van der Waals surface area contributed by atoms with Crippen molar-refractivity contribution in [3.8, 4) is 0 Å². The number of aryl methyl sites for hydroxylation is 4. The Bertz CT molecular complexity index is 613. The summed E-state index contributed by atoms with van der Waals surface area (Å²) in [4.78, 5) is 2.42. The van der Waals surface area contributed by atoms with Crippen LogP contribution in [0.5, 0.6) is 0 Å². The monoisotopic (exact) mass is 304 g/mol. The highest BCUT2D eigenvalue weighted by Gasteiger charge is 2.19. The quantitative estimate of drug-likeness (QED) is 0.786. The van der Waals surface area contributed by atoms with Crippen molar-refractivity contribution >= 4 is 11.3 Å². The van der Waals surface area contributed by atoms with E-state index < -0.39 is 6.10 Å². The maximum absolute atomic E-state index is 13.7. The number of thiophene rings is 1. The molecule has 3 heteroatoms. The molecule has 0 radical (unpaired) electrons. The average Bonchev–Trinajstić information content (AvgIpc) is 2.74. The van der Waals surface area contributed by atoms with Crippen LogP contribution in [0.2, 0.25) is 0 Å². The minimum Gasteiger partial charge on any atom is -0.383 e. The first kappa shape index (κ1) is 14.7. The van der Waals surface area contributed by atoms with Crippen LogP contribution >= 0.6 is 11.3 Å². The van der Waals surface area contributed by atoms with Crippen molar-refractivity contribution in [3.63, 3.8) is 0 Å². The summed E-state index contributed by atoms with van der Waals surface area (Å²) < 4.78 is 13.7. The second-order valence-corrected chi connectivity index (χ2v) is 7.20. The normalized spacial score (nSPS) is 16.4. The highest BCUT2D eigenvalue weighted by Crippen LogP contribution is 2.35. The Morgan fingerprint density at radius 2 is 1.71 bits per heavy atom. The van der Waals surface area contributed by atoms with E-state index in [1.807, 2.05) is 0 Å². The van der Waals surface area contributed by atoms with E-state index in [4.69, 9.17) is 0 Å². The molecule has 0 saturated heterocycles. The molecule has 0 aliphatic heterocycles. The topological polar surface area (TPSA) is 20.2 Å². The smallest absolute Gasteiger partial charge is 0.129 e. The molecule has 3 rings (SSSR count). The zero-order chi connectivity index (χ0) is 15.0. The summed E-state index contributed by atoms with van der Waals surface area (Å²) in [5.41, 5.74) is 3.40. The Morgan fingerprint density at radius 3 is 2.43 bits per heavy atom. The number of aliphatic hydroxyl groups is 1. The summed E-state index contributed by atoms with van der Waals surface area (Å²) in [5, 5.41) is 10.6. The minimum atomic E-state index is -0.639. The average molecular weight is 304 g/mol. The van der Waals surface area contributed by atoms with E-state index >= 15 is 0 Å². The summed E-state index contributed by atoms with van der Waals surface area (Å²) in [5.74, 6) is -0.173. The Labute approximate surface area is 129 Å². The Hall–Kier alpha value is -1.19. The summed E-state index contributed by atoms with van der Waals surface area (Å²) in [7, 11) is 0. The van der Waals surface area contributed by atoms with Gasteiger partial charge in [-0.15, -0.1) is 11.3 Å². The molecule has 0 fully saturated rings. The fourth-order valence-corrected chi connectivity index (χ4v) is 4.40. The van der Waals surface area contributed by atoms with E-state index in [-0.39, 0.29) is 5.82 Å². The van der Waals surface area contributed by atoms with E-state index in [0.29, 0.717) is 11.1 Å². The maximum Gasteiger partial charge on any atom is 0.129 e. The van der Waals surface area contributed by atoms with Gasteiger partial charge in [-0.25, -0.2) is 4.39 Å². The summed E-state index contributed by atoms with van der Waals surface area (Å²) in [6.45, 7) is 3.50. The molecule has 1 aliphatic rings. The van der Waals surface area contributed by atoms with Crippen molar-refractivity contribution in [1.82, 2.24) is 0 Å². The lowest BCUT2D eigenvalue weighted by Gasteiger charge is -2.12. The van der Waals surface area contributed by atoms with Crippen LogP contribution in [0, 0.1) is 19.7 Å². The van der Waals surface area contributed by atoms with E-state index in [9.17, 15) is 9.50 Å². The molecule has 0 amide bonds. The second kappa shape index (κ2) is 5.90. The van der Waals surface area contributed by atoms with Crippen LogP contribution in [0.25, 0.3) is 0 Å². The van der Waals surface area contributed by atoms with Crippen molar-refractivity contribution < 1.29 is 9.50 Å². The van der Waals surface area contributed by atoms with E-state index in [1.54, 1.807) is 37.3 Å². The van der Waals surface area contributed by atoms with Crippen LogP contribution in [0.4, 0.5) is 4.39 Å². The van der Waals surface area contributed by atoms with Crippen molar-refractivity contribution in [1.29, 1.82) is 0 Å². The Kier molecular flexibility index (Phi) is 4.14. The zero-order valence-electron chi connectivity index (χ0n) is 12.6. The molecule has 1 heterocycles. The van der Waals surface area contributed by atoms with Crippen LogP contribution in [0.1, 0.15) is 57.4 Å². The van der Waals surface area contributed by atoms with Gasteiger partial charge < -0.3 is 5.11 Å². The lowest BCUT2D eigenvalue weighted by Crippen LogP contribution is -2.00. The molecule has 21 heavy (non-hydrogen) atoms. The first-order chi connectivity index (χ1) is 10.1. The number of benzene rings is 1. The molecule has 1 aromatic carbocycles. The number of rotatable bonds is 2. The van der Waals surface area contributed by atoms with Gasteiger partial charge in [-0.2, -0.15) is 0 Å². The number of fused-ring (bicyclic) bond motifs is 1. The van der Waals surface area contributed by atoms with Gasteiger partial charge in [0.25, 0.3) is 0 Å². The van der Waals surface area contributed by atoms with Crippen LogP contribution in [0.15, 0.2) is 18.2 Å². The third kappa shape index (κ3) is 2.90. The molecule has 1 nitrogen and oxygen atoms in total. The molecule has 1 N–H and O–H groups in total. The van der Waals surface area contributed by atoms with Gasteiger partial charge in [-0.05, 0) is 67.9 Å². The summed E-state index contributed by atoms with van der Waals surface area (Å²) in [6, 6.07) is 5.68. The van der Waals surface area contributed by atoms with E-state index in [2.05, 4.69) is 6.07 Å². The Morgan fingerprint density at radius 1 is 1.05 bits per heavy atom. The van der Waals surface area contributed by atoms with Gasteiger partial charge in [-0.1, -0.05) is 18.6 Å². The van der Waals surface area contributed by atoms with Crippen molar-refractivity contribution in [2.24, 2.45) is 0 Å². The first-order valence-electron chi connectivity index (χ1n) is 7.62. The van der Waals surface area contributed by atoms with Gasteiger partial charge in [0.05, 0.1) is 0 Å². The molecule has 0 bridgehead atoms. The number of aliphatic hydroxyl groups excluding tert-OH is 1. The predicted molar refractivity (Wildman–Crippen MR) is 85.5 cm³/mol. The van der Waals surface area contributed by atoms with Gasteiger partial charge >= 0.3 is 0 Å². The molecule has 1 atom stereocenters. The highest BCUT2D eigenvalue weighted by molar-refractivity contribution is 7.12. The molecule has 1 aromatic heterocycles. The lowest BCUT2D eigenvalue weighted by atomic mass is 10.0. The first-order valence-corrected chi connectivity index (χ1v) is 8.44. The third-order valence-corrected chi connectivity index (χ3v) is 5.60. The summed E-state index contributed by atoms with van der Waals surface area (Å²) >= 11 is 1.72. The minimum absolute atomic E-state index is 0.173. The van der Waals surface area contributed by atoms with Gasteiger partial charge in [0.15, 0.2) is 0 Å². The fraction of sp³-hybridized carbons (Fsp3) is 0.444. The van der Waals surface area contributed by atoms with Gasteiger partial charge in [-0.3, -0.25) is 0 Å². The number of halogens is 1. The van der Waals surface area contributed by atoms with E-state index in [1.165, 1.54) is 29.7 Å². The fourth-order valence-electron chi connectivity index (χ4n) is 3.13. The zero-order valence-corrected chi connectivity index (χ0v) is 13.4. The molecule has 0 spiro atoms. The molecule has 2 aromatic rings. The van der Waals surface area contributed by atoms with Crippen molar-refractivity contribution in [2.75, 3.05) is 0 Å². The Balaban J connectivity index is 1.93. The molecule has 1 unspecified atom stereocenters. The molecule has 1 aliphatic carbocycles. The van der Waals surface area contributed by atoms with Gasteiger partial charge in [0, 0.05) is 9.75 Å². The van der Waals surface area contributed by atoms with Gasteiger partial charge in [0.1, 0.15) is 11.9 Å². The molecular weight excluding hydrogens is 283 g/mol. The number of hydrogen-bond acceptors (Lipinski definition) is 2. The highest BCUT2D eigenvalue weighted by atomic mass is 32.1. The van der Waals surface area contributed by atoms with Crippen LogP contribution in [-0.2, 0) is 12.8 Å². The van der Waals surface area contributed by atoms with Crippen LogP contribution in [0.3, 0.4) is 0 Å². The molecule has 112 valence electrons. The molecule has 0 saturated carbocycles. The number of hydrogen-bond donors (Lipinski definition) is 1. The van der Waals surface area contributed by atoms with Crippen LogP contribution < -0.4 is 0 Å². The van der Waals surface area contributed by atoms with Crippen LogP contribution in [-0.4, -0.2) is 5.11 Å². The van der Waals surface area contributed by atoms with Crippen molar-refractivity contribution in [2.45, 2.75) is 52.1 Å². The second-order valence-electron chi connectivity index (χ2n) is 6.03. The van der Waals surface area contributed by atoms with Crippen molar-refractivity contribution in [3.05, 3.63) is 56.0 Å². The predicted octanol–water partition coefficient (Wildman–Crippen LogP) is 4.85. The SMILES string of the molecule is Cc1cc(C(O)c2cc3c(s2)CCCCC3)cc(C)c1F. The largest absolute Gasteiger partial charge is 0.383 e. The summed E-state index contributed by atoms with van der Waals surface area (Å²) in [6.07, 6.45) is 5.41. The van der Waals surface area contributed by atoms with E-state index in [0.717, 1.165) is 23.3 Å². The third-order valence-electron chi connectivity index (χ3n) is 4.31. The van der Waals surface area contributed by atoms with Gasteiger partial charge in [0.2, 0.25) is 0 Å². The molecular formula is C18H21FOS.